The summed E-state index contributed by atoms with van der Waals surface area (Å²) in [5, 5.41) is 8.26. The standard InChI is InChI=1S/C16H17FN6O3S/c1-21-10(7-14(24)22(2)16(21)25)9-27-15-20-19-13(23(15)18)8-26-12-6-4-3-5-11(12)17/h3-7H,8-9,18H2,1-2H3. The molecule has 0 atom stereocenters. The fraction of sp³-hybridized carbons (Fsp3) is 0.250. The Bertz CT molecular complexity index is 1090. The van der Waals surface area contributed by atoms with E-state index in [-0.39, 0.29) is 17.9 Å². The lowest BCUT2D eigenvalue weighted by atomic mass is 10.3. The highest BCUT2D eigenvalue weighted by Gasteiger charge is 2.14. The molecule has 0 aliphatic heterocycles. The highest BCUT2D eigenvalue weighted by molar-refractivity contribution is 7.98. The monoisotopic (exact) mass is 392 g/mol. The van der Waals surface area contributed by atoms with Gasteiger partial charge in [0.25, 0.3) is 5.56 Å². The molecule has 27 heavy (non-hydrogen) atoms. The van der Waals surface area contributed by atoms with E-state index in [0.29, 0.717) is 22.4 Å². The van der Waals surface area contributed by atoms with Crippen LogP contribution in [0, 0.1) is 5.82 Å². The minimum Gasteiger partial charge on any atom is -0.482 e. The van der Waals surface area contributed by atoms with Gasteiger partial charge in [0, 0.05) is 31.6 Å². The average molecular weight is 392 g/mol. The highest BCUT2D eigenvalue weighted by atomic mass is 32.2. The van der Waals surface area contributed by atoms with Crippen LogP contribution in [-0.2, 0) is 26.5 Å². The predicted octanol–water partition coefficient (Wildman–Crippen LogP) is 0.400. The van der Waals surface area contributed by atoms with Gasteiger partial charge in [0.05, 0.1) is 0 Å². The predicted molar refractivity (Wildman–Crippen MR) is 97.4 cm³/mol. The van der Waals surface area contributed by atoms with E-state index in [2.05, 4.69) is 10.2 Å². The number of benzene rings is 1. The summed E-state index contributed by atoms with van der Waals surface area (Å²) < 4.78 is 22.6. The average Bonchev–Trinajstić information content (AvgIpc) is 3.01. The molecule has 0 amide bonds. The fourth-order valence-corrected chi connectivity index (χ4v) is 3.16. The molecule has 2 heterocycles. The van der Waals surface area contributed by atoms with Crippen LogP contribution in [0.4, 0.5) is 4.39 Å². The fourth-order valence-electron chi connectivity index (χ4n) is 2.26. The van der Waals surface area contributed by atoms with Gasteiger partial charge < -0.3 is 10.6 Å². The minimum absolute atomic E-state index is 0.0602. The lowest BCUT2D eigenvalue weighted by Gasteiger charge is -2.09. The number of thioether (sulfide) groups is 1. The Morgan fingerprint density at radius 3 is 2.67 bits per heavy atom. The minimum atomic E-state index is -0.484. The molecule has 0 fully saturated rings. The van der Waals surface area contributed by atoms with Crippen molar-refractivity contribution in [1.29, 1.82) is 0 Å². The van der Waals surface area contributed by atoms with Crippen molar-refractivity contribution in [2.75, 3.05) is 5.84 Å². The second kappa shape index (κ2) is 7.66. The smallest absolute Gasteiger partial charge is 0.330 e. The second-order valence-electron chi connectivity index (χ2n) is 5.65. The summed E-state index contributed by atoms with van der Waals surface area (Å²) >= 11 is 1.21. The summed E-state index contributed by atoms with van der Waals surface area (Å²) in [4.78, 5) is 23.7. The van der Waals surface area contributed by atoms with Gasteiger partial charge in [-0.15, -0.1) is 10.2 Å². The van der Waals surface area contributed by atoms with Crippen LogP contribution >= 0.6 is 11.8 Å². The van der Waals surface area contributed by atoms with E-state index in [9.17, 15) is 14.0 Å². The van der Waals surface area contributed by atoms with Crippen molar-refractivity contribution >= 4 is 11.8 Å². The van der Waals surface area contributed by atoms with E-state index in [0.717, 1.165) is 4.57 Å². The van der Waals surface area contributed by atoms with Gasteiger partial charge in [0.2, 0.25) is 5.16 Å². The van der Waals surface area contributed by atoms with Crippen molar-refractivity contribution in [1.82, 2.24) is 24.0 Å². The van der Waals surface area contributed by atoms with Gasteiger partial charge in [0.1, 0.15) is 6.61 Å². The maximum Gasteiger partial charge on any atom is 0.330 e. The Balaban J connectivity index is 1.70. The molecule has 0 unspecified atom stereocenters. The van der Waals surface area contributed by atoms with E-state index in [4.69, 9.17) is 10.6 Å². The van der Waals surface area contributed by atoms with Crippen LogP contribution in [0.5, 0.6) is 5.75 Å². The third kappa shape index (κ3) is 3.87. The van der Waals surface area contributed by atoms with Gasteiger partial charge in [0.15, 0.2) is 17.4 Å². The molecule has 0 bridgehead atoms. The quantitative estimate of drug-likeness (QED) is 0.478. The first kappa shape index (κ1) is 18.7. The van der Waals surface area contributed by atoms with E-state index in [1.165, 1.54) is 46.3 Å². The Morgan fingerprint density at radius 1 is 1.19 bits per heavy atom. The number of hydrogen-bond acceptors (Lipinski definition) is 7. The van der Waals surface area contributed by atoms with Crippen molar-refractivity contribution < 1.29 is 9.13 Å². The van der Waals surface area contributed by atoms with E-state index < -0.39 is 11.5 Å². The lowest BCUT2D eigenvalue weighted by Crippen LogP contribution is -2.37. The van der Waals surface area contributed by atoms with Gasteiger partial charge in [-0.3, -0.25) is 13.9 Å². The molecule has 0 aliphatic carbocycles. The molecule has 2 aromatic heterocycles. The maximum absolute atomic E-state index is 13.6. The number of hydrogen-bond donors (Lipinski definition) is 1. The summed E-state index contributed by atoms with van der Waals surface area (Å²) in [7, 11) is 3.00. The zero-order chi connectivity index (χ0) is 19.6. The summed E-state index contributed by atoms with van der Waals surface area (Å²) in [5.41, 5.74) is -0.270. The molecular formula is C16H17FN6O3S. The molecule has 3 aromatic rings. The first-order valence-electron chi connectivity index (χ1n) is 7.84. The van der Waals surface area contributed by atoms with Crippen molar-refractivity contribution in [2.45, 2.75) is 17.5 Å². The Labute approximate surface area is 157 Å². The van der Waals surface area contributed by atoms with Crippen LogP contribution < -0.4 is 21.8 Å². The van der Waals surface area contributed by atoms with Crippen molar-refractivity contribution in [3.63, 3.8) is 0 Å². The zero-order valence-electron chi connectivity index (χ0n) is 14.6. The molecule has 9 nitrogen and oxygen atoms in total. The molecule has 2 N–H and O–H groups in total. The van der Waals surface area contributed by atoms with Gasteiger partial charge in [-0.2, -0.15) is 0 Å². The van der Waals surface area contributed by atoms with Crippen LogP contribution in [0.2, 0.25) is 0 Å². The van der Waals surface area contributed by atoms with Gasteiger partial charge >= 0.3 is 5.69 Å². The Hall–Kier alpha value is -3.08. The molecule has 0 spiro atoms. The number of nitrogens with two attached hydrogens (primary N) is 1. The summed E-state index contributed by atoms with van der Waals surface area (Å²) in [6.07, 6.45) is 0. The topological polar surface area (TPSA) is 110 Å². The molecule has 0 radical (unpaired) electrons. The summed E-state index contributed by atoms with van der Waals surface area (Å²) in [5.74, 6) is 6.16. The van der Waals surface area contributed by atoms with Crippen molar-refractivity contribution in [3.05, 3.63) is 68.5 Å². The molecule has 0 saturated carbocycles. The largest absolute Gasteiger partial charge is 0.482 e. The van der Waals surface area contributed by atoms with E-state index in [1.54, 1.807) is 19.2 Å². The van der Waals surface area contributed by atoms with Gasteiger partial charge in [-0.05, 0) is 12.1 Å². The molecule has 0 saturated heterocycles. The third-order valence-electron chi connectivity index (χ3n) is 3.90. The second-order valence-corrected chi connectivity index (χ2v) is 6.59. The third-order valence-corrected chi connectivity index (χ3v) is 4.88. The molecule has 0 aliphatic rings. The Morgan fingerprint density at radius 2 is 1.93 bits per heavy atom. The van der Waals surface area contributed by atoms with Gasteiger partial charge in [-0.1, -0.05) is 23.9 Å². The Kier molecular flexibility index (Phi) is 5.31. The van der Waals surface area contributed by atoms with Crippen molar-refractivity contribution in [2.24, 2.45) is 14.1 Å². The number of ether oxygens (including phenoxy) is 1. The van der Waals surface area contributed by atoms with Crippen molar-refractivity contribution in [3.8, 4) is 5.75 Å². The SMILES string of the molecule is Cn1c(CSc2nnc(COc3ccccc3F)n2N)cc(=O)n(C)c1=O. The number of aromatic nitrogens is 5. The van der Waals surface area contributed by atoms with E-state index >= 15 is 0 Å². The summed E-state index contributed by atoms with van der Waals surface area (Å²) in [6.45, 7) is -0.0602. The molecule has 142 valence electrons. The number of nitrogen functional groups attached to an aromatic ring is 1. The van der Waals surface area contributed by atoms with E-state index in [1.807, 2.05) is 0 Å². The number of para-hydroxylation sites is 1. The van der Waals surface area contributed by atoms with Crippen LogP contribution in [0.1, 0.15) is 11.5 Å². The van der Waals surface area contributed by atoms with Crippen LogP contribution in [-0.4, -0.2) is 24.0 Å². The molecule has 1 aromatic carbocycles. The molecule has 3 rings (SSSR count). The lowest BCUT2D eigenvalue weighted by molar-refractivity contribution is 0.277. The highest BCUT2D eigenvalue weighted by Crippen LogP contribution is 2.20. The number of rotatable bonds is 6. The first-order valence-corrected chi connectivity index (χ1v) is 8.82. The maximum atomic E-state index is 13.6. The normalized spacial score (nSPS) is 10.9. The van der Waals surface area contributed by atoms with Crippen LogP contribution in [0.3, 0.4) is 0 Å². The molecular weight excluding hydrogens is 375 g/mol. The first-order chi connectivity index (χ1) is 12.9. The summed E-state index contributed by atoms with van der Waals surface area (Å²) in [6, 6.07) is 7.39. The van der Waals surface area contributed by atoms with Gasteiger partial charge in [-0.25, -0.2) is 13.9 Å². The van der Waals surface area contributed by atoms with Crippen LogP contribution in [0.15, 0.2) is 45.1 Å². The number of nitrogens with zero attached hydrogens (tertiary/aromatic N) is 5. The van der Waals surface area contributed by atoms with Crippen LogP contribution in [0.25, 0.3) is 0 Å². The number of halogens is 1. The zero-order valence-corrected chi connectivity index (χ0v) is 15.4. The molecule has 11 heteroatoms.